The van der Waals surface area contributed by atoms with Gasteiger partial charge in [-0.3, -0.25) is 4.79 Å². The van der Waals surface area contributed by atoms with Gasteiger partial charge in [0.1, 0.15) is 11.5 Å². The number of carbonyl (C=O) groups excluding carboxylic acids is 1. The van der Waals surface area contributed by atoms with Gasteiger partial charge in [0, 0.05) is 12.0 Å². The van der Waals surface area contributed by atoms with Gasteiger partial charge in [-0.15, -0.1) is 0 Å². The fraction of sp³-hybridized carbons (Fsp3) is 0.125. The number of hydrogen-bond donors (Lipinski definition) is 2. The number of phenolic OH excluding ortho intramolecular Hbond substituents is 2. The molecule has 11 heavy (non-hydrogen) atoms. The molecule has 0 saturated heterocycles. The fourth-order valence-corrected chi connectivity index (χ4v) is 0.791. The molecule has 1 aromatic carbocycles. The molecule has 0 bridgehead atoms. The number of aromatic hydroxyl groups is 2. The lowest BCUT2D eigenvalue weighted by Crippen LogP contribution is -1.85. The van der Waals surface area contributed by atoms with Crippen molar-refractivity contribution in [1.82, 2.24) is 0 Å². The van der Waals surface area contributed by atoms with Crippen LogP contribution in [0.4, 0.5) is 0 Å². The van der Waals surface area contributed by atoms with E-state index >= 15 is 0 Å². The SMILES string of the molecule is O=[C]Cc1cc(O)ccc1O. The molecule has 1 aromatic rings. The highest BCUT2D eigenvalue weighted by Gasteiger charge is 2.00. The summed E-state index contributed by atoms with van der Waals surface area (Å²) in [6.45, 7) is 0. The molecule has 0 aromatic heterocycles. The first-order chi connectivity index (χ1) is 5.24. The van der Waals surface area contributed by atoms with Crippen LogP contribution >= 0.6 is 0 Å². The molecule has 0 spiro atoms. The minimum Gasteiger partial charge on any atom is -0.508 e. The molecule has 0 fully saturated rings. The van der Waals surface area contributed by atoms with Crippen molar-refractivity contribution in [2.75, 3.05) is 0 Å². The second-order valence-corrected chi connectivity index (χ2v) is 2.13. The minimum atomic E-state index is 0.000231. The number of hydrogen-bond acceptors (Lipinski definition) is 3. The van der Waals surface area contributed by atoms with E-state index in [1.807, 2.05) is 0 Å². The van der Waals surface area contributed by atoms with Gasteiger partial charge in [-0.05, 0) is 18.2 Å². The van der Waals surface area contributed by atoms with E-state index in [-0.39, 0.29) is 17.9 Å². The van der Waals surface area contributed by atoms with Gasteiger partial charge in [-0.2, -0.15) is 0 Å². The quantitative estimate of drug-likeness (QED) is 0.613. The first-order valence-corrected chi connectivity index (χ1v) is 3.10. The molecule has 3 heteroatoms. The standard InChI is InChI=1S/C8H7O3/c9-4-3-6-5-7(10)1-2-8(6)11/h1-2,5,10-11H,3H2. The number of rotatable bonds is 2. The van der Waals surface area contributed by atoms with Crippen molar-refractivity contribution in [3.05, 3.63) is 23.8 Å². The predicted molar refractivity (Wildman–Crippen MR) is 39.2 cm³/mol. The van der Waals surface area contributed by atoms with Crippen LogP contribution in [0.15, 0.2) is 18.2 Å². The summed E-state index contributed by atoms with van der Waals surface area (Å²) >= 11 is 0. The molecular weight excluding hydrogens is 144 g/mol. The zero-order chi connectivity index (χ0) is 8.27. The van der Waals surface area contributed by atoms with E-state index in [9.17, 15) is 4.79 Å². The fourth-order valence-electron chi connectivity index (χ4n) is 0.791. The van der Waals surface area contributed by atoms with Crippen LogP contribution in [0.3, 0.4) is 0 Å². The highest BCUT2D eigenvalue weighted by molar-refractivity contribution is 5.58. The average molecular weight is 151 g/mol. The Morgan fingerprint density at radius 3 is 2.73 bits per heavy atom. The molecule has 0 aliphatic carbocycles. The highest BCUT2D eigenvalue weighted by Crippen LogP contribution is 2.21. The molecular formula is C8H7O3. The first kappa shape index (κ1) is 7.60. The maximum Gasteiger partial charge on any atom is 0.203 e. The molecule has 0 saturated carbocycles. The molecule has 2 N–H and O–H groups in total. The highest BCUT2D eigenvalue weighted by atomic mass is 16.3. The summed E-state index contributed by atoms with van der Waals surface area (Å²) in [6, 6.07) is 4.02. The monoisotopic (exact) mass is 151 g/mol. The summed E-state index contributed by atoms with van der Waals surface area (Å²) in [7, 11) is 0. The van der Waals surface area contributed by atoms with Gasteiger partial charge in [0.25, 0.3) is 0 Å². The maximum atomic E-state index is 9.92. The Bertz CT molecular complexity index is 268. The normalized spacial score (nSPS) is 9.45. The third-order valence-corrected chi connectivity index (χ3v) is 1.33. The lowest BCUT2D eigenvalue weighted by Gasteiger charge is -1.99. The first-order valence-electron chi connectivity index (χ1n) is 3.10. The summed E-state index contributed by atoms with van der Waals surface area (Å²) in [6.07, 6.45) is 1.63. The van der Waals surface area contributed by atoms with Crippen LogP contribution < -0.4 is 0 Å². The molecule has 0 heterocycles. The van der Waals surface area contributed by atoms with Gasteiger partial charge in [0.15, 0.2) is 0 Å². The van der Waals surface area contributed by atoms with Crippen molar-refractivity contribution >= 4 is 6.29 Å². The maximum absolute atomic E-state index is 9.92. The molecule has 1 radical (unpaired) electrons. The Balaban J connectivity index is 3.01. The summed E-state index contributed by atoms with van der Waals surface area (Å²) < 4.78 is 0. The second-order valence-electron chi connectivity index (χ2n) is 2.13. The van der Waals surface area contributed by atoms with Crippen LogP contribution in [0.5, 0.6) is 11.5 Å². The lowest BCUT2D eigenvalue weighted by atomic mass is 10.1. The van der Waals surface area contributed by atoms with Gasteiger partial charge in [-0.1, -0.05) is 0 Å². The van der Waals surface area contributed by atoms with Crippen molar-refractivity contribution in [2.24, 2.45) is 0 Å². The van der Waals surface area contributed by atoms with E-state index in [0.29, 0.717) is 5.56 Å². The smallest absolute Gasteiger partial charge is 0.203 e. The Hall–Kier alpha value is -1.51. The van der Waals surface area contributed by atoms with Crippen LogP contribution in [-0.2, 0) is 11.2 Å². The molecule has 1 rings (SSSR count). The van der Waals surface area contributed by atoms with E-state index in [4.69, 9.17) is 10.2 Å². The van der Waals surface area contributed by atoms with E-state index < -0.39 is 0 Å². The zero-order valence-corrected chi connectivity index (χ0v) is 5.74. The Morgan fingerprint density at radius 1 is 1.36 bits per heavy atom. The van der Waals surface area contributed by atoms with Gasteiger partial charge in [0.05, 0.1) is 0 Å². The van der Waals surface area contributed by atoms with E-state index in [1.54, 1.807) is 6.29 Å². The molecule has 3 nitrogen and oxygen atoms in total. The average Bonchev–Trinajstić information content (AvgIpc) is 1.98. The number of benzene rings is 1. The van der Waals surface area contributed by atoms with E-state index in [0.717, 1.165) is 0 Å². The third kappa shape index (κ3) is 1.70. The molecule has 57 valence electrons. The van der Waals surface area contributed by atoms with Crippen molar-refractivity contribution in [1.29, 1.82) is 0 Å². The molecule has 0 unspecified atom stereocenters. The topological polar surface area (TPSA) is 57.5 Å². The largest absolute Gasteiger partial charge is 0.508 e. The number of phenols is 2. The summed E-state index contributed by atoms with van der Waals surface area (Å²) in [5, 5.41) is 18.0. The minimum absolute atomic E-state index is 0.000231. The van der Waals surface area contributed by atoms with Crippen LogP contribution in [0, 0.1) is 0 Å². The predicted octanol–water partition coefficient (Wildman–Crippen LogP) is 0.750. The van der Waals surface area contributed by atoms with Gasteiger partial charge >= 0.3 is 0 Å². The van der Waals surface area contributed by atoms with Crippen molar-refractivity contribution < 1.29 is 15.0 Å². The molecule has 0 aliphatic heterocycles. The Kier molecular flexibility index (Phi) is 2.11. The van der Waals surface area contributed by atoms with E-state index in [2.05, 4.69) is 0 Å². The van der Waals surface area contributed by atoms with Crippen LogP contribution in [0.1, 0.15) is 5.56 Å². The zero-order valence-electron chi connectivity index (χ0n) is 5.74. The van der Waals surface area contributed by atoms with Gasteiger partial charge in [0.2, 0.25) is 6.29 Å². The van der Waals surface area contributed by atoms with Crippen LogP contribution in [0.25, 0.3) is 0 Å². The van der Waals surface area contributed by atoms with E-state index in [1.165, 1.54) is 18.2 Å². The lowest BCUT2D eigenvalue weighted by molar-refractivity contribution is 0.455. The van der Waals surface area contributed by atoms with Gasteiger partial charge in [-0.25, -0.2) is 0 Å². The second kappa shape index (κ2) is 3.05. The van der Waals surface area contributed by atoms with Crippen molar-refractivity contribution in [3.63, 3.8) is 0 Å². The molecule has 0 atom stereocenters. The summed E-state index contributed by atoms with van der Waals surface area (Å²) in [5.74, 6) is 0.0409. The molecule has 0 aliphatic rings. The van der Waals surface area contributed by atoms with Crippen LogP contribution in [-0.4, -0.2) is 16.5 Å². The summed E-state index contributed by atoms with van der Waals surface area (Å²) in [5.41, 5.74) is 0.389. The Labute approximate surface area is 63.9 Å². The third-order valence-electron chi connectivity index (χ3n) is 1.33. The Morgan fingerprint density at radius 2 is 2.09 bits per heavy atom. The molecule has 0 amide bonds. The summed E-state index contributed by atoms with van der Waals surface area (Å²) in [4.78, 5) is 9.92. The van der Waals surface area contributed by atoms with Crippen LogP contribution in [0.2, 0.25) is 0 Å². The van der Waals surface area contributed by atoms with Crippen molar-refractivity contribution in [2.45, 2.75) is 6.42 Å². The van der Waals surface area contributed by atoms with Gasteiger partial charge < -0.3 is 10.2 Å². The van der Waals surface area contributed by atoms with Crippen molar-refractivity contribution in [3.8, 4) is 11.5 Å².